The predicted molar refractivity (Wildman–Crippen MR) is 80.9 cm³/mol. The van der Waals surface area contributed by atoms with Gasteiger partial charge < -0.3 is 11.1 Å². The van der Waals surface area contributed by atoms with Gasteiger partial charge in [-0.25, -0.2) is 0 Å². The van der Waals surface area contributed by atoms with E-state index in [4.69, 9.17) is 5.73 Å². The Kier molecular flexibility index (Phi) is 5.27. The van der Waals surface area contributed by atoms with E-state index in [9.17, 15) is 9.00 Å². The van der Waals surface area contributed by atoms with E-state index < -0.39 is 10.8 Å². The van der Waals surface area contributed by atoms with Crippen molar-refractivity contribution in [2.75, 3.05) is 22.6 Å². The van der Waals surface area contributed by atoms with E-state index in [1.165, 1.54) is 11.8 Å². The second-order valence-corrected chi connectivity index (χ2v) is 7.23. The number of amides is 1. The van der Waals surface area contributed by atoms with Gasteiger partial charge in [-0.1, -0.05) is 12.1 Å². The largest absolute Gasteiger partial charge is 0.381 e. The van der Waals surface area contributed by atoms with Gasteiger partial charge in [-0.3, -0.25) is 9.00 Å². The minimum absolute atomic E-state index is 0.285. The van der Waals surface area contributed by atoms with Crippen LogP contribution in [0.25, 0.3) is 0 Å². The maximum Gasteiger partial charge on any atom is 0.227 e. The Morgan fingerprint density at radius 3 is 2.74 bits per heavy atom. The number of nitrogens with one attached hydrogen (secondary N) is 1. The summed E-state index contributed by atoms with van der Waals surface area (Å²) in [6, 6.07) is 8.28. The van der Waals surface area contributed by atoms with Crippen LogP contribution in [0.1, 0.15) is 12.8 Å². The van der Waals surface area contributed by atoms with Crippen molar-refractivity contribution < 1.29 is 9.00 Å². The lowest BCUT2D eigenvalue weighted by Crippen LogP contribution is -2.29. The first-order valence-electron chi connectivity index (χ1n) is 6.27. The maximum atomic E-state index is 11.3. The molecule has 1 aromatic carbocycles. The number of carbonyl (C=O) groups excluding carboxylic acids is 1. The van der Waals surface area contributed by atoms with Gasteiger partial charge in [0, 0.05) is 38.9 Å². The molecule has 0 aromatic heterocycles. The second kappa shape index (κ2) is 6.96. The van der Waals surface area contributed by atoms with E-state index in [2.05, 4.69) is 5.32 Å². The summed E-state index contributed by atoms with van der Waals surface area (Å²) < 4.78 is 11.3. The van der Waals surface area contributed by atoms with Crippen LogP contribution < -0.4 is 11.1 Å². The average Bonchev–Trinajstić information content (AvgIpc) is 2.40. The van der Waals surface area contributed by atoms with Crippen molar-refractivity contribution >= 4 is 34.2 Å². The molecule has 19 heavy (non-hydrogen) atoms. The third kappa shape index (κ3) is 4.54. The van der Waals surface area contributed by atoms with Crippen LogP contribution in [0.5, 0.6) is 0 Å². The fourth-order valence-corrected chi connectivity index (χ4v) is 4.07. The number of nitrogens with two attached hydrogens (primary N) is 1. The minimum atomic E-state index is -0.640. The van der Waals surface area contributed by atoms with Crippen LogP contribution in [-0.4, -0.2) is 33.4 Å². The highest BCUT2D eigenvalue weighted by Gasteiger charge is 2.18. The average molecular weight is 298 g/mol. The van der Waals surface area contributed by atoms with E-state index in [0.717, 1.165) is 34.9 Å². The number of hydrogen-bond acceptors (Lipinski definition) is 4. The van der Waals surface area contributed by atoms with Gasteiger partial charge in [0.15, 0.2) is 0 Å². The molecule has 0 atom stereocenters. The quantitative estimate of drug-likeness (QED) is 0.810. The topological polar surface area (TPSA) is 72.2 Å². The lowest BCUT2D eigenvalue weighted by Gasteiger charge is -2.24. The van der Waals surface area contributed by atoms with Crippen molar-refractivity contribution in [1.82, 2.24) is 0 Å². The molecule has 104 valence electrons. The molecular formula is C13H18N2O2S2. The number of primary amides is 1. The van der Waals surface area contributed by atoms with Crippen LogP contribution in [-0.2, 0) is 15.6 Å². The van der Waals surface area contributed by atoms with E-state index >= 15 is 0 Å². The lowest BCUT2D eigenvalue weighted by atomic mass is 10.1. The van der Waals surface area contributed by atoms with E-state index in [0.29, 0.717) is 6.04 Å². The monoisotopic (exact) mass is 298 g/mol. The number of hydrogen-bond donors (Lipinski definition) is 2. The highest BCUT2D eigenvalue weighted by molar-refractivity contribution is 8.00. The standard InChI is InChI=1S/C13H18N2O2S2/c14-13(16)9-18-12-4-2-1-3-11(12)15-10-5-7-19(17)8-6-10/h1-4,10,15H,5-9H2,(H2,14,16). The Morgan fingerprint density at radius 1 is 1.37 bits per heavy atom. The zero-order chi connectivity index (χ0) is 13.7. The SMILES string of the molecule is NC(=O)CSc1ccccc1NC1CCS(=O)CC1. The van der Waals surface area contributed by atoms with Gasteiger partial charge >= 0.3 is 0 Å². The molecule has 1 aliphatic rings. The molecule has 1 aromatic rings. The maximum absolute atomic E-state index is 11.3. The Bertz CT molecular complexity index is 469. The number of carbonyl (C=O) groups is 1. The van der Waals surface area contributed by atoms with Gasteiger partial charge in [-0.15, -0.1) is 11.8 Å². The summed E-state index contributed by atoms with van der Waals surface area (Å²) in [4.78, 5) is 11.9. The van der Waals surface area contributed by atoms with Crippen molar-refractivity contribution in [3.63, 3.8) is 0 Å². The van der Waals surface area contributed by atoms with Gasteiger partial charge in [-0.2, -0.15) is 0 Å². The summed E-state index contributed by atoms with van der Waals surface area (Å²) in [6.45, 7) is 0. The van der Waals surface area contributed by atoms with Gasteiger partial charge in [0.1, 0.15) is 0 Å². The molecule has 1 amide bonds. The van der Waals surface area contributed by atoms with Crippen LogP contribution in [0.4, 0.5) is 5.69 Å². The molecule has 1 fully saturated rings. The Labute approximate surface area is 120 Å². The highest BCUT2D eigenvalue weighted by Crippen LogP contribution is 2.28. The first kappa shape index (κ1) is 14.4. The van der Waals surface area contributed by atoms with Crippen molar-refractivity contribution in [3.8, 4) is 0 Å². The third-order valence-electron chi connectivity index (χ3n) is 3.00. The van der Waals surface area contributed by atoms with Crippen molar-refractivity contribution in [1.29, 1.82) is 0 Å². The van der Waals surface area contributed by atoms with E-state index in [1.807, 2.05) is 24.3 Å². The molecular weight excluding hydrogens is 280 g/mol. The zero-order valence-electron chi connectivity index (χ0n) is 10.6. The van der Waals surface area contributed by atoms with Gasteiger partial charge in [-0.05, 0) is 25.0 Å². The number of anilines is 1. The predicted octanol–water partition coefficient (Wildman–Crippen LogP) is 1.59. The van der Waals surface area contributed by atoms with E-state index in [-0.39, 0.29) is 11.7 Å². The van der Waals surface area contributed by atoms with Crippen molar-refractivity contribution in [2.24, 2.45) is 5.73 Å². The first-order chi connectivity index (χ1) is 9.15. The molecule has 6 heteroatoms. The number of para-hydroxylation sites is 1. The molecule has 0 saturated carbocycles. The highest BCUT2D eigenvalue weighted by atomic mass is 32.2. The van der Waals surface area contributed by atoms with Gasteiger partial charge in [0.2, 0.25) is 5.91 Å². The molecule has 0 spiro atoms. The van der Waals surface area contributed by atoms with Crippen LogP contribution in [0, 0.1) is 0 Å². The zero-order valence-corrected chi connectivity index (χ0v) is 12.3. The van der Waals surface area contributed by atoms with Gasteiger partial charge in [0.05, 0.1) is 5.75 Å². The fourth-order valence-electron chi connectivity index (χ4n) is 2.02. The molecule has 3 N–H and O–H groups in total. The molecule has 1 aliphatic heterocycles. The van der Waals surface area contributed by atoms with Crippen LogP contribution >= 0.6 is 11.8 Å². The summed E-state index contributed by atoms with van der Waals surface area (Å²) in [6.07, 6.45) is 1.86. The lowest BCUT2D eigenvalue weighted by molar-refractivity contribution is -0.115. The molecule has 0 radical (unpaired) electrons. The molecule has 1 heterocycles. The number of benzene rings is 1. The van der Waals surface area contributed by atoms with Crippen LogP contribution in [0.15, 0.2) is 29.2 Å². The Balaban J connectivity index is 1.99. The normalized spacial score (nSPS) is 22.9. The summed E-state index contributed by atoms with van der Waals surface area (Å²) in [5, 5.41) is 3.49. The Hall–Kier alpha value is -1.01. The van der Waals surface area contributed by atoms with Gasteiger partial charge in [0.25, 0.3) is 0 Å². The summed E-state index contributed by atoms with van der Waals surface area (Å²) >= 11 is 1.45. The first-order valence-corrected chi connectivity index (χ1v) is 8.74. The van der Waals surface area contributed by atoms with E-state index in [1.54, 1.807) is 0 Å². The number of thioether (sulfide) groups is 1. The second-order valence-electron chi connectivity index (χ2n) is 4.52. The van der Waals surface area contributed by atoms with Crippen molar-refractivity contribution in [2.45, 2.75) is 23.8 Å². The molecule has 2 rings (SSSR count). The van der Waals surface area contributed by atoms with Crippen LogP contribution in [0.2, 0.25) is 0 Å². The third-order valence-corrected chi connectivity index (χ3v) is 5.48. The van der Waals surface area contributed by atoms with Crippen molar-refractivity contribution in [3.05, 3.63) is 24.3 Å². The summed E-state index contributed by atoms with van der Waals surface area (Å²) in [7, 11) is -0.640. The fraction of sp³-hybridized carbons (Fsp3) is 0.462. The minimum Gasteiger partial charge on any atom is -0.381 e. The smallest absolute Gasteiger partial charge is 0.227 e. The molecule has 0 aliphatic carbocycles. The molecule has 4 nitrogen and oxygen atoms in total. The number of rotatable bonds is 5. The molecule has 0 unspecified atom stereocenters. The Morgan fingerprint density at radius 2 is 2.05 bits per heavy atom. The summed E-state index contributed by atoms with van der Waals surface area (Å²) in [5.74, 6) is 1.52. The summed E-state index contributed by atoms with van der Waals surface area (Å²) in [5.41, 5.74) is 6.21. The molecule has 1 saturated heterocycles. The molecule has 0 bridgehead atoms. The van der Waals surface area contributed by atoms with Crippen LogP contribution in [0.3, 0.4) is 0 Å².